The molecule has 0 spiro atoms. The highest BCUT2D eigenvalue weighted by atomic mass is 35.5. The smallest absolute Gasteiger partial charge is 0.311 e. The van der Waals surface area contributed by atoms with E-state index < -0.39 is 11.4 Å². The summed E-state index contributed by atoms with van der Waals surface area (Å²) in [7, 11) is 1.95. The van der Waals surface area contributed by atoms with Crippen LogP contribution < -0.4 is 0 Å². The molecule has 0 radical (unpaired) electrons. The number of hydrogen-bond donors (Lipinski definition) is 2. The van der Waals surface area contributed by atoms with Crippen molar-refractivity contribution in [1.29, 1.82) is 0 Å². The molecule has 2 aliphatic heterocycles. The minimum absolute atomic E-state index is 0.163. The number of benzene rings is 1. The lowest BCUT2D eigenvalue weighted by molar-refractivity contribution is -0.161. The van der Waals surface area contributed by atoms with Crippen LogP contribution in [0, 0.1) is 5.41 Å². The van der Waals surface area contributed by atoms with Crippen LogP contribution in [0.1, 0.15) is 29.8 Å². The number of fused-ring (bicyclic) bond motifs is 2. The molecule has 2 aromatic rings. The van der Waals surface area contributed by atoms with Crippen LogP contribution in [0.25, 0.3) is 10.9 Å². The molecule has 6 nitrogen and oxygen atoms in total. The van der Waals surface area contributed by atoms with E-state index in [1.807, 2.05) is 31.3 Å². The number of amides is 1. The molecule has 1 aromatic carbocycles. The van der Waals surface area contributed by atoms with Gasteiger partial charge in [-0.25, -0.2) is 0 Å². The Morgan fingerprint density at radius 3 is 2.77 bits per heavy atom. The van der Waals surface area contributed by atoms with Crippen LogP contribution in [0.2, 0.25) is 5.02 Å². The molecule has 4 rings (SSSR count). The Bertz CT molecular complexity index is 880. The van der Waals surface area contributed by atoms with Crippen molar-refractivity contribution in [2.45, 2.75) is 25.3 Å². The minimum atomic E-state index is -0.756. The largest absolute Gasteiger partial charge is 0.481 e. The fourth-order valence-corrected chi connectivity index (χ4v) is 4.88. The number of carboxylic acid groups (broad SMARTS) is 1. The van der Waals surface area contributed by atoms with E-state index in [4.69, 9.17) is 11.6 Å². The van der Waals surface area contributed by atoms with Gasteiger partial charge in [0.25, 0.3) is 5.91 Å². The van der Waals surface area contributed by atoms with Crippen LogP contribution in [0.4, 0.5) is 0 Å². The van der Waals surface area contributed by atoms with E-state index in [1.54, 1.807) is 4.90 Å². The van der Waals surface area contributed by atoms with Gasteiger partial charge in [-0.2, -0.15) is 0 Å². The maximum Gasteiger partial charge on any atom is 0.311 e. The van der Waals surface area contributed by atoms with Gasteiger partial charge in [-0.3, -0.25) is 9.59 Å². The average molecular weight is 376 g/mol. The van der Waals surface area contributed by atoms with Crippen molar-refractivity contribution in [2.24, 2.45) is 5.41 Å². The van der Waals surface area contributed by atoms with Crippen LogP contribution in [0.3, 0.4) is 0 Å². The van der Waals surface area contributed by atoms with Gasteiger partial charge in [0.2, 0.25) is 0 Å². The van der Waals surface area contributed by atoms with Crippen molar-refractivity contribution in [2.75, 3.05) is 26.7 Å². The van der Waals surface area contributed by atoms with Crippen molar-refractivity contribution < 1.29 is 14.7 Å². The van der Waals surface area contributed by atoms with E-state index in [0.29, 0.717) is 36.6 Å². The molecular formula is C19H22ClN3O3. The van der Waals surface area contributed by atoms with E-state index in [1.165, 1.54) is 0 Å². The number of carbonyl (C=O) groups is 2. The number of para-hydroxylation sites is 1. The number of halogens is 1. The maximum absolute atomic E-state index is 13.1. The number of nitrogens with one attached hydrogen (secondary N) is 1. The van der Waals surface area contributed by atoms with Gasteiger partial charge in [-0.15, -0.1) is 0 Å². The summed E-state index contributed by atoms with van der Waals surface area (Å²) in [5.41, 5.74) is 0.454. The van der Waals surface area contributed by atoms with Crippen molar-refractivity contribution in [3.8, 4) is 0 Å². The fraction of sp³-hybridized carbons (Fsp3) is 0.474. The summed E-state index contributed by atoms with van der Waals surface area (Å²) in [6.07, 6.45) is 2.02. The highest BCUT2D eigenvalue weighted by Crippen LogP contribution is 2.42. The summed E-state index contributed by atoms with van der Waals surface area (Å²) in [5, 5.41) is 11.1. The monoisotopic (exact) mass is 375 g/mol. The quantitative estimate of drug-likeness (QED) is 0.846. The summed E-state index contributed by atoms with van der Waals surface area (Å²) in [4.78, 5) is 32.1. The zero-order valence-corrected chi connectivity index (χ0v) is 15.4. The van der Waals surface area contributed by atoms with Gasteiger partial charge < -0.3 is 19.9 Å². The lowest BCUT2D eigenvalue weighted by Gasteiger charge is -2.51. The number of hydrogen-bond acceptors (Lipinski definition) is 3. The Labute approximate surface area is 156 Å². The number of rotatable bonds is 2. The molecule has 26 heavy (non-hydrogen) atoms. The fourth-order valence-electron chi connectivity index (χ4n) is 4.58. The van der Waals surface area contributed by atoms with Gasteiger partial charge >= 0.3 is 5.97 Å². The van der Waals surface area contributed by atoms with E-state index in [-0.39, 0.29) is 11.9 Å². The molecule has 0 bridgehead atoms. The van der Waals surface area contributed by atoms with Crippen LogP contribution in [0.15, 0.2) is 24.3 Å². The molecule has 2 N–H and O–H groups in total. The number of aliphatic carboxylic acids is 1. The molecule has 1 amide bonds. The van der Waals surface area contributed by atoms with Gasteiger partial charge in [-0.1, -0.05) is 29.8 Å². The molecule has 7 heteroatoms. The number of piperidine rings is 2. The van der Waals surface area contributed by atoms with Crippen molar-refractivity contribution in [1.82, 2.24) is 14.8 Å². The van der Waals surface area contributed by atoms with Crippen LogP contribution in [-0.4, -0.2) is 64.5 Å². The van der Waals surface area contributed by atoms with Gasteiger partial charge in [0.15, 0.2) is 0 Å². The van der Waals surface area contributed by atoms with Gasteiger partial charge in [-0.05, 0) is 38.9 Å². The Hall–Kier alpha value is -2.05. The highest BCUT2D eigenvalue weighted by Gasteiger charge is 2.53. The summed E-state index contributed by atoms with van der Waals surface area (Å²) in [6.45, 7) is 1.70. The number of carbonyl (C=O) groups excluding carboxylic acids is 1. The maximum atomic E-state index is 13.1. The standard InChI is InChI=1S/C19H22ClN3O3/c1-22-9-4-7-19(18(25)26)8-10-23(11-14(19)22)17(24)16-15(20)12-5-2-3-6-13(12)21-16/h2-3,5-6,14,21H,4,7-11H2,1H3,(H,25,26)/t14-,19+/m1/s1. The minimum Gasteiger partial charge on any atom is -0.481 e. The van der Waals surface area contributed by atoms with Gasteiger partial charge in [0, 0.05) is 30.0 Å². The number of nitrogens with zero attached hydrogens (tertiary/aromatic N) is 2. The second kappa shape index (κ2) is 6.28. The van der Waals surface area contributed by atoms with E-state index in [2.05, 4.69) is 9.88 Å². The molecule has 1 aromatic heterocycles. The second-order valence-corrected chi connectivity index (χ2v) is 7.80. The molecule has 2 saturated heterocycles. The summed E-state index contributed by atoms with van der Waals surface area (Å²) >= 11 is 6.43. The number of aromatic amines is 1. The van der Waals surface area contributed by atoms with Gasteiger partial charge in [0.1, 0.15) is 5.69 Å². The van der Waals surface area contributed by atoms with E-state index in [0.717, 1.165) is 23.9 Å². The zero-order chi connectivity index (χ0) is 18.5. The molecule has 0 aliphatic carbocycles. The molecule has 138 valence electrons. The van der Waals surface area contributed by atoms with Crippen LogP contribution in [0.5, 0.6) is 0 Å². The third kappa shape index (κ3) is 2.51. The molecule has 0 saturated carbocycles. The number of likely N-dealkylation sites (tertiary alicyclic amines) is 2. The Balaban J connectivity index is 1.64. The predicted octanol–water partition coefficient (Wildman–Crippen LogP) is 2.83. The molecule has 2 atom stereocenters. The first kappa shape index (κ1) is 17.4. The van der Waals surface area contributed by atoms with Gasteiger partial charge in [0.05, 0.1) is 10.4 Å². The molecular weight excluding hydrogens is 354 g/mol. The Morgan fingerprint density at radius 1 is 1.27 bits per heavy atom. The third-order valence-corrected chi connectivity index (χ3v) is 6.49. The van der Waals surface area contributed by atoms with Crippen molar-refractivity contribution in [3.63, 3.8) is 0 Å². The topological polar surface area (TPSA) is 76.6 Å². The highest BCUT2D eigenvalue weighted by molar-refractivity contribution is 6.38. The molecule has 2 aliphatic rings. The van der Waals surface area contributed by atoms with Crippen molar-refractivity contribution in [3.05, 3.63) is 35.0 Å². The molecule has 3 heterocycles. The summed E-state index contributed by atoms with van der Waals surface area (Å²) < 4.78 is 0. The normalized spacial score (nSPS) is 26.7. The summed E-state index contributed by atoms with van der Waals surface area (Å²) in [5.74, 6) is -0.908. The third-order valence-electron chi connectivity index (χ3n) is 6.09. The summed E-state index contributed by atoms with van der Waals surface area (Å²) in [6, 6.07) is 7.37. The first-order valence-electron chi connectivity index (χ1n) is 8.93. The Kier molecular flexibility index (Phi) is 4.20. The molecule has 0 unspecified atom stereocenters. The second-order valence-electron chi connectivity index (χ2n) is 7.42. The lowest BCUT2D eigenvalue weighted by atomic mass is 9.68. The average Bonchev–Trinajstić information content (AvgIpc) is 2.98. The Morgan fingerprint density at radius 2 is 2.04 bits per heavy atom. The number of likely N-dealkylation sites (N-methyl/N-ethyl adjacent to an activating group) is 1. The first-order valence-corrected chi connectivity index (χ1v) is 9.31. The SMILES string of the molecule is CN1CCC[C@]2(C(=O)O)CCN(C(=O)c3[nH]c4ccccc4c3Cl)C[C@@H]12. The van der Waals surface area contributed by atoms with Crippen LogP contribution in [-0.2, 0) is 4.79 Å². The van der Waals surface area contributed by atoms with E-state index in [9.17, 15) is 14.7 Å². The van der Waals surface area contributed by atoms with Crippen molar-refractivity contribution >= 4 is 34.4 Å². The first-order chi connectivity index (χ1) is 12.4. The van der Waals surface area contributed by atoms with E-state index >= 15 is 0 Å². The predicted molar refractivity (Wildman–Crippen MR) is 99.6 cm³/mol. The number of aromatic nitrogens is 1. The lowest BCUT2D eigenvalue weighted by Crippen LogP contribution is -2.63. The zero-order valence-electron chi connectivity index (χ0n) is 14.7. The molecule has 2 fully saturated rings. The van der Waals surface area contributed by atoms with Crippen LogP contribution >= 0.6 is 11.6 Å². The number of H-pyrrole nitrogens is 1. The number of carboxylic acids is 1.